The molecule has 0 aliphatic carbocycles. The van der Waals surface area contributed by atoms with Crippen LogP contribution in [0, 0.1) is 10.1 Å². The fourth-order valence-electron chi connectivity index (χ4n) is 5.34. The van der Waals surface area contributed by atoms with Crippen LogP contribution in [0.4, 0.5) is 5.69 Å². The van der Waals surface area contributed by atoms with Gasteiger partial charge in [-0.1, -0.05) is 88.7 Å². The highest BCUT2D eigenvalue weighted by molar-refractivity contribution is 9.10. The summed E-state index contributed by atoms with van der Waals surface area (Å²) in [5, 5.41) is 22.4. The molecule has 0 bridgehead atoms. The molecule has 1 aliphatic rings. The minimum Gasteiger partial charge on any atom is -0.321 e. The molecule has 0 fully saturated rings. The number of hydrogen-bond donors (Lipinski definition) is 2. The van der Waals surface area contributed by atoms with Crippen molar-refractivity contribution in [3.8, 4) is 11.1 Å². The number of halogens is 1. The Morgan fingerprint density at radius 2 is 1.77 bits per heavy atom. The van der Waals surface area contributed by atoms with Gasteiger partial charge in [-0.3, -0.25) is 24.7 Å². The molecule has 1 aromatic heterocycles. The van der Waals surface area contributed by atoms with Crippen LogP contribution in [-0.2, 0) is 4.79 Å². The van der Waals surface area contributed by atoms with Crippen molar-refractivity contribution in [3.05, 3.63) is 145 Å². The fourth-order valence-corrected chi connectivity index (χ4v) is 5.70. The van der Waals surface area contributed by atoms with Crippen molar-refractivity contribution in [2.24, 2.45) is 10.2 Å². The van der Waals surface area contributed by atoms with E-state index in [0.717, 1.165) is 26.5 Å². The Kier molecular flexibility index (Phi) is 8.11. The van der Waals surface area contributed by atoms with Gasteiger partial charge in [0.1, 0.15) is 6.54 Å². The van der Waals surface area contributed by atoms with E-state index in [0.29, 0.717) is 28.8 Å². The average molecular weight is 650 g/mol. The number of aromatic nitrogens is 1. The molecule has 0 saturated carbocycles. The van der Waals surface area contributed by atoms with E-state index in [2.05, 4.69) is 31.4 Å². The predicted octanol–water partition coefficient (Wildman–Crippen LogP) is 6.17. The maximum Gasteiger partial charge on any atom is 0.270 e. The molecule has 0 saturated heterocycles. The number of fused-ring (bicyclic) bond motifs is 1. The maximum atomic E-state index is 13.7. The number of benzene rings is 4. The molecular weight excluding hydrogens is 624 g/mol. The molecule has 1 amide bonds. The highest BCUT2D eigenvalue weighted by Gasteiger charge is 2.33. The van der Waals surface area contributed by atoms with Gasteiger partial charge in [0.2, 0.25) is 0 Å². The zero-order valence-electron chi connectivity index (χ0n) is 23.2. The molecule has 1 atom stereocenters. The first-order chi connectivity index (χ1) is 21.4. The van der Waals surface area contributed by atoms with Crippen molar-refractivity contribution in [2.45, 2.75) is 12.5 Å². The van der Waals surface area contributed by atoms with Crippen molar-refractivity contribution in [1.82, 2.24) is 15.4 Å². The third-order valence-corrected chi connectivity index (χ3v) is 7.79. The molecule has 218 valence electrons. The first-order valence-corrected chi connectivity index (χ1v) is 14.5. The standard InChI is InChI=1S/C33H25BrN6O4/c34-24-14-15-27-26(17-24)31(23-11-5-2-6-12-23)32(33(42)36-27)28-18-29(22-9-3-1-4-10-22)39(38-28)20-30(41)37-35-19-21-8-7-13-25(16-21)40(43)44/h1-17,19,29H,18,20H2,(H,36,42)(H,37,41)/b35-19-/t29-/m0/s1. The number of rotatable bonds is 8. The van der Waals surface area contributed by atoms with E-state index in [-0.39, 0.29) is 23.8 Å². The number of aromatic amines is 1. The van der Waals surface area contributed by atoms with Crippen LogP contribution in [0.3, 0.4) is 0 Å². The van der Waals surface area contributed by atoms with Gasteiger partial charge in [-0.05, 0) is 29.3 Å². The lowest BCUT2D eigenvalue weighted by molar-refractivity contribution is -0.384. The lowest BCUT2D eigenvalue weighted by atomic mass is 9.91. The van der Waals surface area contributed by atoms with Crippen LogP contribution < -0.4 is 11.0 Å². The Labute approximate surface area is 260 Å². The largest absolute Gasteiger partial charge is 0.321 e. The minimum atomic E-state index is -0.495. The van der Waals surface area contributed by atoms with Gasteiger partial charge in [0.25, 0.3) is 17.2 Å². The first kappa shape index (κ1) is 28.7. The van der Waals surface area contributed by atoms with Crippen LogP contribution in [0.25, 0.3) is 22.0 Å². The van der Waals surface area contributed by atoms with E-state index < -0.39 is 10.8 Å². The number of pyridine rings is 1. The van der Waals surface area contributed by atoms with Crippen molar-refractivity contribution in [1.29, 1.82) is 0 Å². The third-order valence-electron chi connectivity index (χ3n) is 7.30. The molecule has 1 aliphatic heterocycles. The van der Waals surface area contributed by atoms with Gasteiger partial charge >= 0.3 is 0 Å². The van der Waals surface area contributed by atoms with Gasteiger partial charge in [0, 0.05) is 45.1 Å². The maximum absolute atomic E-state index is 13.7. The van der Waals surface area contributed by atoms with Crippen LogP contribution in [-0.4, -0.2) is 39.3 Å². The average Bonchev–Trinajstić information content (AvgIpc) is 3.44. The topological polar surface area (TPSA) is 133 Å². The molecule has 44 heavy (non-hydrogen) atoms. The van der Waals surface area contributed by atoms with Gasteiger partial charge in [0.05, 0.1) is 28.5 Å². The zero-order chi connectivity index (χ0) is 30.6. The number of nitro groups is 1. The predicted molar refractivity (Wildman–Crippen MR) is 174 cm³/mol. The summed E-state index contributed by atoms with van der Waals surface area (Å²) in [6, 6.07) is 30.8. The van der Waals surface area contributed by atoms with E-state index in [1.165, 1.54) is 18.3 Å². The van der Waals surface area contributed by atoms with E-state index in [1.54, 1.807) is 17.1 Å². The van der Waals surface area contributed by atoms with Gasteiger partial charge < -0.3 is 4.98 Å². The molecule has 10 nitrogen and oxygen atoms in total. The number of carbonyl (C=O) groups excluding carboxylic acids is 1. The Morgan fingerprint density at radius 1 is 1.02 bits per heavy atom. The fraction of sp³-hybridized carbons (Fsp3) is 0.0909. The monoisotopic (exact) mass is 648 g/mol. The number of nitrogens with one attached hydrogen (secondary N) is 2. The van der Waals surface area contributed by atoms with Crippen molar-refractivity contribution < 1.29 is 9.72 Å². The summed E-state index contributed by atoms with van der Waals surface area (Å²) in [5.41, 5.74) is 6.93. The summed E-state index contributed by atoms with van der Waals surface area (Å²) in [5.74, 6) is -0.433. The number of nitrogens with zero attached hydrogens (tertiary/aromatic N) is 4. The number of carbonyl (C=O) groups is 1. The molecule has 11 heteroatoms. The van der Waals surface area contributed by atoms with Crippen LogP contribution in [0.1, 0.15) is 29.2 Å². The second-order valence-corrected chi connectivity index (χ2v) is 11.1. The Balaban J connectivity index is 1.36. The van der Waals surface area contributed by atoms with Crippen molar-refractivity contribution >= 4 is 50.4 Å². The molecule has 4 aromatic carbocycles. The van der Waals surface area contributed by atoms with E-state index in [1.807, 2.05) is 78.9 Å². The highest BCUT2D eigenvalue weighted by Crippen LogP contribution is 2.37. The van der Waals surface area contributed by atoms with Crippen molar-refractivity contribution in [2.75, 3.05) is 6.54 Å². The Bertz CT molecular complexity index is 1990. The van der Waals surface area contributed by atoms with Crippen LogP contribution in [0.5, 0.6) is 0 Å². The molecule has 0 spiro atoms. The summed E-state index contributed by atoms with van der Waals surface area (Å²) in [6.07, 6.45) is 1.74. The molecule has 2 heterocycles. The summed E-state index contributed by atoms with van der Waals surface area (Å²) in [4.78, 5) is 40.3. The van der Waals surface area contributed by atoms with Gasteiger partial charge in [0.15, 0.2) is 0 Å². The summed E-state index contributed by atoms with van der Waals surface area (Å²) in [7, 11) is 0. The number of hydrogen-bond acceptors (Lipinski definition) is 7. The normalized spacial score (nSPS) is 14.6. The molecule has 6 rings (SSSR count). The van der Waals surface area contributed by atoms with Gasteiger partial charge in [-0.2, -0.15) is 10.2 Å². The number of hydrazone groups is 2. The van der Waals surface area contributed by atoms with Gasteiger partial charge in [-0.15, -0.1) is 0 Å². The van der Waals surface area contributed by atoms with Crippen LogP contribution in [0.2, 0.25) is 0 Å². The zero-order valence-corrected chi connectivity index (χ0v) is 24.8. The lowest BCUT2D eigenvalue weighted by Gasteiger charge is -2.22. The Hall–Kier alpha value is -5.42. The summed E-state index contributed by atoms with van der Waals surface area (Å²) in [6.45, 7) is -0.132. The molecular formula is C33H25BrN6O4. The number of amides is 1. The molecule has 0 unspecified atom stereocenters. The smallest absolute Gasteiger partial charge is 0.270 e. The van der Waals surface area contributed by atoms with E-state index in [4.69, 9.17) is 5.10 Å². The second kappa shape index (κ2) is 12.4. The number of nitro benzene ring substituents is 1. The SMILES string of the molecule is O=C(CN1N=C(c2c(-c3ccccc3)c3cc(Br)ccc3[nH]c2=O)C[C@H]1c1ccccc1)N/N=C\c1cccc([N+](=O)[O-])c1. The quantitative estimate of drug-likeness (QED) is 0.118. The number of H-pyrrole nitrogens is 1. The second-order valence-electron chi connectivity index (χ2n) is 10.2. The molecule has 0 radical (unpaired) electrons. The van der Waals surface area contributed by atoms with Crippen molar-refractivity contribution in [3.63, 3.8) is 0 Å². The first-order valence-electron chi connectivity index (χ1n) is 13.7. The Morgan fingerprint density at radius 3 is 2.52 bits per heavy atom. The van der Waals surface area contributed by atoms with E-state index >= 15 is 0 Å². The van der Waals surface area contributed by atoms with Crippen LogP contribution >= 0.6 is 15.9 Å². The third kappa shape index (κ3) is 6.04. The van der Waals surface area contributed by atoms with Crippen LogP contribution in [0.15, 0.2) is 123 Å². The summed E-state index contributed by atoms with van der Waals surface area (Å²) < 4.78 is 0.875. The minimum absolute atomic E-state index is 0.0733. The summed E-state index contributed by atoms with van der Waals surface area (Å²) >= 11 is 3.57. The lowest BCUT2D eigenvalue weighted by Crippen LogP contribution is -2.32. The molecule has 2 N–H and O–H groups in total. The van der Waals surface area contributed by atoms with E-state index in [9.17, 15) is 19.7 Å². The molecule has 5 aromatic rings. The number of non-ortho nitro benzene ring substituents is 1. The van der Waals surface area contributed by atoms with Gasteiger partial charge in [-0.25, -0.2) is 5.43 Å². The highest BCUT2D eigenvalue weighted by atomic mass is 79.9.